The van der Waals surface area contributed by atoms with Gasteiger partial charge in [0.2, 0.25) is 0 Å². The summed E-state index contributed by atoms with van der Waals surface area (Å²) in [7, 11) is 0. The molecule has 13 heteroatoms. The van der Waals surface area contributed by atoms with Gasteiger partial charge < -0.3 is 15.1 Å². The molecule has 0 bridgehead atoms. The van der Waals surface area contributed by atoms with Gasteiger partial charge in [0, 0.05) is 49.5 Å². The highest BCUT2D eigenvalue weighted by atomic mass is 19.1. The van der Waals surface area contributed by atoms with E-state index < -0.39 is 29.4 Å². The highest BCUT2D eigenvalue weighted by Crippen LogP contribution is 2.33. The Kier molecular flexibility index (Phi) is 7.79. The second-order valence-corrected chi connectivity index (χ2v) is 10.2. The van der Waals surface area contributed by atoms with Gasteiger partial charge in [-0.1, -0.05) is 6.07 Å². The summed E-state index contributed by atoms with van der Waals surface area (Å²) in [6.07, 6.45) is 3.55. The zero-order chi connectivity index (χ0) is 28.4. The Morgan fingerprint density at radius 2 is 1.68 bits per heavy atom. The Labute approximate surface area is 229 Å². The Morgan fingerprint density at radius 3 is 2.30 bits per heavy atom. The molecule has 1 aliphatic rings. The number of benzene rings is 2. The molecule has 0 aliphatic carbocycles. The summed E-state index contributed by atoms with van der Waals surface area (Å²) in [6, 6.07) is 10.2. The van der Waals surface area contributed by atoms with E-state index in [0.29, 0.717) is 31.9 Å². The van der Waals surface area contributed by atoms with E-state index in [1.165, 1.54) is 39.0 Å². The van der Waals surface area contributed by atoms with Crippen molar-refractivity contribution < 1.29 is 19.0 Å². The first-order valence-corrected chi connectivity index (χ1v) is 13.1. The normalized spacial score (nSPS) is 17.5. The van der Waals surface area contributed by atoms with E-state index in [1.807, 2.05) is 31.2 Å². The summed E-state index contributed by atoms with van der Waals surface area (Å²) in [5, 5.41) is 29.6. The van der Waals surface area contributed by atoms with Gasteiger partial charge in [-0.3, -0.25) is 4.90 Å². The van der Waals surface area contributed by atoms with Crippen molar-refractivity contribution in [2.24, 2.45) is 0 Å². The van der Waals surface area contributed by atoms with Gasteiger partial charge in [-0.05, 0) is 44.2 Å². The smallest absolute Gasteiger partial charge is 0.350 e. The first-order valence-electron chi connectivity index (χ1n) is 13.1. The first kappa shape index (κ1) is 27.6. The molecule has 0 radical (unpaired) electrons. The lowest BCUT2D eigenvalue weighted by molar-refractivity contribution is -0.0650. The fraction of sp³-hybridized carbons (Fsp3) is 0.407. The molecule has 0 amide bonds. The van der Waals surface area contributed by atoms with Crippen LogP contribution in [-0.4, -0.2) is 82.5 Å². The van der Waals surface area contributed by atoms with Crippen LogP contribution in [0.25, 0.3) is 5.69 Å². The number of hydrogen-bond acceptors (Lipinski definition) is 8. The van der Waals surface area contributed by atoms with E-state index in [2.05, 4.69) is 25.0 Å². The summed E-state index contributed by atoms with van der Waals surface area (Å²) in [6.45, 7) is 6.00. The van der Waals surface area contributed by atoms with E-state index >= 15 is 0 Å². The van der Waals surface area contributed by atoms with Crippen LogP contribution in [0.5, 0.6) is 0 Å². The van der Waals surface area contributed by atoms with Crippen LogP contribution in [0.4, 0.5) is 14.5 Å². The minimum atomic E-state index is -1.69. The van der Waals surface area contributed by atoms with E-state index in [4.69, 9.17) is 0 Å². The van der Waals surface area contributed by atoms with Crippen molar-refractivity contribution in [1.82, 2.24) is 34.0 Å². The molecule has 2 N–H and O–H groups in total. The van der Waals surface area contributed by atoms with Gasteiger partial charge >= 0.3 is 5.69 Å². The third-order valence-corrected chi connectivity index (χ3v) is 7.48. The zero-order valence-corrected chi connectivity index (χ0v) is 22.3. The van der Waals surface area contributed by atoms with E-state index in [1.54, 1.807) is 6.92 Å². The molecule has 1 unspecified atom stereocenters. The number of aliphatic hydroxyl groups is 2. The average molecular weight is 555 g/mol. The molecule has 40 heavy (non-hydrogen) atoms. The van der Waals surface area contributed by atoms with Gasteiger partial charge in [-0.25, -0.2) is 32.5 Å². The van der Waals surface area contributed by atoms with Gasteiger partial charge in [-0.2, -0.15) is 10.2 Å². The third kappa shape index (κ3) is 5.53. The lowest BCUT2D eigenvalue weighted by atomic mass is 9.85. The molecular weight excluding hydrogens is 522 g/mol. The number of halogens is 2. The monoisotopic (exact) mass is 554 g/mol. The van der Waals surface area contributed by atoms with E-state index in [0.717, 1.165) is 17.8 Å². The van der Waals surface area contributed by atoms with Crippen LogP contribution < -0.4 is 10.6 Å². The molecular formula is C27H32F2N8O3. The molecule has 1 aliphatic heterocycles. The van der Waals surface area contributed by atoms with Crippen LogP contribution in [0.2, 0.25) is 0 Å². The maximum atomic E-state index is 14.9. The molecule has 0 saturated carbocycles. The second kappa shape index (κ2) is 11.3. The summed E-state index contributed by atoms with van der Waals surface area (Å²) in [5.41, 5.74) is -0.379. The van der Waals surface area contributed by atoms with E-state index in [9.17, 15) is 23.8 Å². The standard InChI is InChI=1S/C27H32F2N8O3/c1-19(38)14-37-26(39)36(18-32-37)23-6-4-22(5-7-23)34-11-9-33(10-12-34)20(2)27(40,15-35-17-30-16-31-35)24-8-3-21(28)13-25(24)29/h3-8,13,16-20,38,40H,9-12,14-15H2,1-2H3/t19?,20-,27-/m1/s1. The third-order valence-electron chi connectivity index (χ3n) is 7.48. The van der Waals surface area contributed by atoms with Crippen LogP contribution in [0.15, 0.2) is 66.2 Å². The lowest BCUT2D eigenvalue weighted by Gasteiger charge is -2.45. The summed E-state index contributed by atoms with van der Waals surface area (Å²) >= 11 is 0. The number of piperazine rings is 1. The predicted molar refractivity (Wildman–Crippen MR) is 143 cm³/mol. The molecule has 4 aromatic rings. The van der Waals surface area contributed by atoms with Crippen molar-refractivity contribution >= 4 is 5.69 Å². The zero-order valence-electron chi connectivity index (χ0n) is 22.3. The summed E-state index contributed by atoms with van der Waals surface area (Å²) < 4.78 is 32.7. The molecule has 2 aromatic carbocycles. The van der Waals surface area contributed by atoms with E-state index in [-0.39, 0.29) is 24.3 Å². The minimum absolute atomic E-state index is 0.00179. The number of rotatable bonds is 9. The van der Waals surface area contributed by atoms with Gasteiger partial charge in [0.25, 0.3) is 0 Å². The molecule has 2 aromatic heterocycles. The molecule has 1 fully saturated rings. The highest BCUT2D eigenvalue weighted by molar-refractivity contribution is 5.51. The quantitative estimate of drug-likeness (QED) is 0.319. The van der Waals surface area contributed by atoms with Crippen molar-refractivity contribution in [2.75, 3.05) is 31.1 Å². The van der Waals surface area contributed by atoms with Crippen LogP contribution in [-0.2, 0) is 18.7 Å². The molecule has 11 nitrogen and oxygen atoms in total. The van der Waals surface area contributed by atoms with Crippen LogP contribution in [0, 0.1) is 11.6 Å². The first-order chi connectivity index (χ1) is 19.2. The number of nitrogens with zero attached hydrogens (tertiary/aromatic N) is 8. The van der Waals surface area contributed by atoms with Gasteiger partial charge in [0.1, 0.15) is 36.2 Å². The van der Waals surface area contributed by atoms with Crippen molar-refractivity contribution in [2.45, 2.75) is 44.7 Å². The van der Waals surface area contributed by atoms with Crippen molar-refractivity contribution in [3.8, 4) is 5.69 Å². The molecule has 3 atom stereocenters. The second-order valence-electron chi connectivity index (χ2n) is 10.2. The maximum Gasteiger partial charge on any atom is 0.350 e. The number of hydrogen-bond donors (Lipinski definition) is 2. The molecule has 1 saturated heterocycles. The SMILES string of the molecule is CC(O)Cn1ncn(-c2ccc(N3CCN([C@H](C)[C@](O)(Cn4cncn4)c4ccc(F)cc4F)CC3)cc2)c1=O. The van der Waals surface area contributed by atoms with Crippen molar-refractivity contribution in [1.29, 1.82) is 0 Å². The number of aromatic nitrogens is 6. The molecule has 5 rings (SSSR count). The largest absolute Gasteiger partial charge is 0.391 e. The maximum absolute atomic E-state index is 14.9. The van der Waals surface area contributed by atoms with Crippen LogP contribution >= 0.6 is 0 Å². The molecule has 0 spiro atoms. The lowest BCUT2D eigenvalue weighted by Crippen LogP contribution is -2.57. The number of anilines is 1. The fourth-order valence-electron chi connectivity index (χ4n) is 5.23. The Hall–Kier alpha value is -3.94. The summed E-state index contributed by atoms with van der Waals surface area (Å²) in [4.78, 5) is 20.8. The fourth-order valence-corrected chi connectivity index (χ4v) is 5.23. The topological polar surface area (TPSA) is 117 Å². The Morgan fingerprint density at radius 1 is 0.975 bits per heavy atom. The predicted octanol–water partition coefficient (Wildman–Crippen LogP) is 1.38. The van der Waals surface area contributed by atoms with Crippen molar-refractivity contribution in [3.63, 3.8) is 0 Å². The Bertz CT molecular complexity index is 1480. The van der Waals surface area contributed by atoms with Gasteiger partial charge in [0.15, 0.2) is 0 Å². The number of aliphatic hydroxyl groups excluding tert-OH is 1. The van der Waals surface area contributed by atoms with Crippen molar-refractivity contribution in [3.05, 3.63) is 89.1 Å². The highest BCUT2D eigenvalue weighted by Gasteiger charge is 2.42. The Balaban J connectivity index is 1.29. The molecule has 3 heterocycles. The minimum Gasteiger partial charge on any atom is -0.391 e. The van der Waals surface area contributed by atoms with Gasteiger partial charge in [0.05, 0.1) is 24.9 Å². The van der Waals surface area contributed by atoms with Crippen LogP contribution in [0.3, 0.4) is 0 Å². The molecule has 212 valence electrons. The van der Waals surface area contributed by atoms with Gasteiger partial charge in [-0.15, -0.1) is 0 Å². The van der Waals surface area contributed by atoms with Crippen LogP contribution in [0.1, 0.15) is 19.4 Å². The average Bonchev–Trinajstić information content (AvgIpc) is 3.57. The summed E-state index contributed by atoms with van der Waals surface area (Å²) in [5.74, 6) is -1.53.